The fraction of sp³-hybridized carbons (Fsp3) is 0.235. The van der Waals surface area contributed by atoms with Crippen molar-refractivity contribution < 1.29 is 13.9 Å². The quantitative estimate of drug-likeness (QED) is 0.781. The normalized spacial score (nSPS) is 12.3. The van der Waals surface area contributed by atoms with E-state index in [0.717, 1.165) is 21.6 Å². The predicted molar refractivity (Wildman–Crippen MR) is 87.7 cm³/mol. The molecule has 0 unspecified atom stereocenters. The maximum Gasteiger partial charge on any atom is 0.287 e. The number of hydrogen-bond donors (Lipinski definition) is 1. The van der Waals surface area contributed by atoms with E-state index in [9.17, 15) is 4.79 Å². The van der Waals surface area contributed by atoms with Crippen LogP contribution in [0.3, 0.4) is 0 Å². The minimum absolute atomic E-state index is 0.0466. The molecule has 3 rings (SSSR count). The number of fused-ring (bicyclic) bond motifs is 1. The van der Waals surface area contributed by atoms with Crippen molar-refractivity contribution in [2.75, 3.05) is 7.11 Å². The summed E-state index contributed by atoms with van der Waals surface area (Å²) in [6.07, 6.45) is 0. The Hall–Kier alpha value is -2.27. The molecular formula is C17H17NO3S. The summed E-state index contributed by atoms with van der Waals surface area (Å²) in [5.74, 6) is 0.899. The highest BCUT2D eigenvalue weighted by molar-refractivity contribution is 7.10. The van der Waals surface area contributed by atoms with Crippen LogP contribution in [0.15, 0.2) is 40.1 Å². The van der Waals surface area contributed by atoms with E-state index < -0.39 is 0 Å². The van der Waals surface area contributed by atoms with Crippen molar-refractivity contribution in [2.45, 2.75) is 19.9 Å². The average molecular weight is 315 g/mol. The first-order chi connectivity index (χ1) is 10.6. The molecule has 0 saturated carbocycles. The molecule has 2 heterocycles. The van der Waals surface area contributed by atoms with Gasteiger partial charge in [-0.1, -0.05) is 6.07 Å². The van der Waals surface area contributed by atoms with Crippen molar-refractivity contribution in [3.8, 4) is 5.75 Å². The molecule has 0 aliphatic carbocycles. The molecule has 2 aromatic heterocycles. The largest absolute Gasteiger partial charge is 0.497 e. The summed E-state index contributed by atoms with van der Waals surface area (Å²) in [6.45, 7) is 3.85. The minimum Gasteiger partial charge on any atom is -0.497 e. The molecule has 0 radical (unpaired) electrons. The molecule has 22 heavy (non-hydrogen) atoms. The topological polar surface area (TPSA) is 51.5 Å². The van der Waals surface area contributed by atoms with Crippen LogP contribution >= 0.6 is 11.3 Å². The average Bonchev–Trinajstić information content (AvgIpc) is 3.15. The first kappa shape index (κ1) is 14.7. The third-order valence-corrected chi connectivity index (χ3v) is 4.72. The van der Waals surface area contributed by atoms with E-state index in [-0.39, 0.29) is 11.9 Å². The Morgan fingerprint density at radius 2 is 2.18 bits per heavy atom. The highest BCUT2D eigenvalue weighted by Gasteiger charge is 2.20. The van der Waals surface area contributed by atoms with Crippen LogP contribution in [0, 0.1) is 6.92 Å². The van der Waals surface area contributed by atoms with Gasteiger partial charge in [0.05, 0.1) is 13.2 Å². The monoisotopic (exact) mass is 315 g/mol. The Morgan fingerprint density at radius 1 is 1.36 bits per heavy atom. The highest BCUT2D eigenvalue weighted by atomic mass is 32.1. The molecule has 5 heteroatoms. The number of carbonyl (C=O) groups is 1. The molecule has 1 N–H and O–H groups in total. The zero-order valence-corrected chi connectivity index (χ0v) is 13.5. The van der Waals surface area contributed by atoms with Gasteiger partial charge in [-0.15, -0.1) is 11.3 Å². The van der Waals surface area contributed by atoms with Gasteiger partial charge in [0.15, 0.2) is 5.76 Å². The molecule has 0 saturated heterocycles. The Kier molecular flexibility index (Phi) is 3.90. The minimum atomic E-state index is -0.200. The maximum atomic E-state index is 12.5. The van der Waals surface area contributed by atoms with E-state index >= 15 is 0 Å². The molecule has 0 bridgehead atoms. The van der Waals surface area contributed by atoms with Crippen LogP contribution in [0.4, 0.5) is 0 Å². The second-order valence-corrected chi connectivity index (χ2v) is 6.11. The fourth-order valence-electron chi connectivity index (χ4n) is 2.41. The Balaban J connectivity index is 1.89. The van der Waals surface area contributed by atoms with Crippen LogP contribution in [-0.2, 0) is 0 Å². The number of thiophene rings is 1. The smallest absolute Gasteiger partial charge is 0.287 e. The Morgan fingerprint density at radius 3 is 2.86 bits per heavy atom. The van der Waals surface area contributed by atoms with E-state index in [2.05, 4.69) is 5.32 Å². The molecule has 1 aromatic carbocycles. The van der Waals surface area contributed by atoms with Crippen LogP contribution in [0.25, 0.3) is 11.0 Å². The number of nitrogens with one attached hydrogen (secondary N) is 1. The lowest BCUT2D eigenvalue weighted by atomic mass is 10.1. The molecule has 3 aromatic rings. The molecule has 1 amide bonds. The van der Waals surface area contributed by atoms with E-state index in [1.165, 1.54) is 0 Å². The molecule has 4 nitrogen and oxygen atoms in total. The summed E-state index contributed by atoms with van der Waals surface area (Å²) in [4.78, 5) is 13.6. The summed E-state index contributed by atoms with van der Waals surface area (Å²) in [7, 11) is 1.62. The van der Waals surface area contributed by atoms with Crippen molar-refractivity contribution in [3.63, 3.8) is 0 Å². The highest BCUT2D eigenvalue weighted by Crippen LogP contribution is 2.29. The van der Waals surface area contributed by atoms with Crippen molar-refractivity contribution in [1.29, 1.82) is 0 Å². The van der Waals surface area contributed by atoms with Crippen molar-refractivity contribution in [3.05, 3.63) is 51.9 Å². The van der Waals surface area contributed by atoms with Crippen molar-refractivity contribution in [1.82, 2.24) is 5.32 Å². The number of furan rings is 1. The molecule has 0 spiro atoms. The lowest BCUT2D eigenvalue weighted by molar-refractivity contribution is 0.0914. The number of aryl methyl sites for hydroxylation is 1. The second-order valence-electron chi connectivity index (χ2n) is 5.13. The number of methoxy groups -OCH3 is 1. The van der Waals surface area contributed by atoms with Crippen molar-refractivity contribution >= 4 is 28.2 Å². The lowest BCUT2D eigenvalue weighted by Crippen LogP contribution is -2.26. The molecule has 114 valence electrons. The number of hydrogen-bond acceptors (Lipinski definition) is 4. The first-order valence-corrected chi connectivity index (χ1v) is 7.89. The summed E-state index contributed by atoms with van der Waals surface area (Å²) < 4.78 is 10.9. The van der Waals surface area contributed by atoms with Gasteiger partial charge in [-0.25, -0.2) is 0 Å². The molecule has 1 atom stereocenters. The first-order valence-electron chi connectivity index (χ1n) is 7.01. The van der Waals surface area contributed by atoms with Gasteiger partial charge in [-0.05, 0) is 43.5 Å². The van der Waals surface area contributed by atoms with Gasteiger partial charge >= 0.3 is 0 Å². The molecule has 0 aliphatic rings. The fourth-order valence-corrected chi connectivity index (χ4v) is 3.15. The number of amides is 1. The second kappa shape index (κ2) is 5.85. The maximum absolute atomic E-state index is 12.5. The number of ether oxygens (including phenoxy) is 1. The molecule has 0 aliphatic heterocycles. The van der Waals surface area contributed by atoms with Gasteiger partial charge in [0.2, 0.25) is 0 Å². The number of benzene rings is 1. The van der Waals surface area contributed by atoms with Crippen LogP contribution in [-0.4, -0.2) is 13.0 Å². The van der Waals surface area contributed by atoms with E-state index in [4.69, 9.17) is 9.15 Å². The van der Waals surface area contributed by atoms with Crippen LogP contribution in [0.5, 0.6) is 5.75 Å². The summed E-state index contributed by atoms with van der Waals surface area (Å²) in [6, 6.07) is 9.46. The zero-order valence-electron chi connectivity index (χ0n) is 12.7. The summed E-state index contributed by atoms with van der Waals surface area (Å²) in [5.41, 5.74) is 1.51. The van der Waals surface area contributed by atoms with Gasteiger partial charge < -0.3 is 14.5 Å². The van der Waals surface area contributed by atoms with Crippen LogP contribution in [0.2, 0.25) is 0 Å². The third-order valence-electron chi connectivity index (χ3n) is 3.67. The van der Waals surface area contributed by atoms with Gasteiger partial charge in [-0.3, -0.25) is 4.79 Å². The van der Waals surface area contributed by atoms with E-state index in [0.29, 0.717) is 11.3 Å². The Bertz CT molecular complexity index is 805. The number of carbonyl (C=O) groups excluding carboxylic acids is 1. The predicted octanol–water partition coefficient (Wildman–Crippen LogP) is 4.30. The van der Waals surface area contributed by atoms with Crippen LogP contribution < -0.4 is 10.1 Å². The summed E-state index contributed by atoms with van der Waals surface area (Å²) >= 11 is 1.62. The Labute approximate surface area is 132 Å². The lowest BCUT2D eigenvalue weighted by Gasteiger charge is -2.11. The van der Waals surface area contributed by atoms with Crippen molar-refractivity contribution in [2.24, 2.45) is 0 Å². The standard InChI is InChI=1S/C17H17NO3S/c1-10-13-9-12(20-3)6-7-14(13)21-16(10)17(19)18-11(2)15-5-4-8-22-15/h4-9,11H,1-3H3,(H,18,19)/t11-/m0/s1. The van der Waals surface area contributed by atoms with Crippen LogP contribution in [0.1, 0.15) is 34.0 Å². The van der Waals surface area contributed by atoms with Gasteiger partial charge in [-0.2, -0.15) is 0 Å². The molecular weight excluding hydrogens is 298 g/mol. The summed E-state index contributed by atoms with van der Waals surface area (Å²) in [5, 5.41) is 5.87. The number of rotatable bonds is 4. The van der Waals surface area contributed by atoms with Gasteiger partial charge in [0, 0.05) is 15.8 Å². The molecule has 0 fully saturated rings. The zero-order chi connectivity index (χ0) is 15.7. The van der Waals surface area contributed by atoms with E-state index in [1.807, 2.05) is 49.6 Å². The van der Waals surface area contributed by atoms with E-state index in [1.54, 1.807) is 18.4 Å². The van der Waals surface area contributed by atoms with Gasteiger partial charge in [0.25, 0.3) is 5.91 Å². The third kappa shape index (κ3) is 2.60. The van der Waals surface area contributed by atoms with Gasteiger partial charge in [0.1, 0.15) is 11.3 Å². The SMILES string of the molecule is COc1ccc2oc(C(=O)N[C@@H](C)c3cccs3)c(C)c2c1.